The number of hydrogen-bond acceptors (Lipinski definition) is 2. The molecule has 3 nitrogen and oxygen atoms in total. The van der Waals surface area contributed by atoms with E-state index in [9.17, 15) is 4.39 Å². The predicted molar refractivity (Wildman–Crippen MR) is 69.6 cm³/mol. The second kappa shape index (κ2) is 5.31. The molecule has 1 N–H and O–H groups in total. The number of nitrogens with zero attached hydrogens (tertiary/aromatic N) is 2. The average molecular weight is 247 g/mol. The number of hydrogen-bond donors (Lipinski definition) is 1. The van der Waals surface area contributed by atoms with Crippen LogP contribution in [0.2, 0.25) is 0 Å². The molecule has 2 atom stereocenters. The minimum atomic E-state index is -0.200. The minimum Gasteiger partial charge on any atom is -0.302 e. The Kier molecular flexibility index (Phi) is 3.77. The van der Waals surface area contributed by atoms with E-state index in [4.69, 9.17) is 0 Å². The van der Waals surface area contributed by atoms with Crippen LogP contribution in [-0.4, -0.2) is 9.78 Å². The molecule has 1 heterocycles. The molecule has 2 rings (SSSR count). The van der Waals surface area contributed by atoms with Crippen LogP contribution in [0.3, 0.4) is 0 Å². The molecular weight excluding hydrogens is 229 g/mol. The molecule has 0 aliphatic rings. The van der Waals surface area contributed by atoms with Crippen LogP contribution in [0, 0.1) is 5.82 Å². The normalized spacial score (nSPS) is 14.4. The highest BCUT2D eigenvalue weighted by Gasteiger charge is 2.13. The molecule has 96 valence electrons. The van der Waals surface area contributed by atoms with E-state index in [0.29, 0.717) is 0 Å². The van der Waals surface area contributed by atoms with Gasteiger partial charge in [0.15, 0.2) is 0 Å². The Hall–Kier alpha value is -1.68. The van der Waals surface area contributed by atoms with Gasteiger partial charge in [-0.1, -0.05) is 12.1 Å². The first-order valence-electron chi connectivity index (χ1n) is 6.07. The van der Waals surface area contributed by atoms with Gasteiger partial charge in [0.05, 0.1) is 5.69 Å². The average Bonchev–Trinajstić information content (AvgIpc) is 2.75. The maximum Gasteiger partial charge on any atom is 0.123 e. The first kappa shape index (κ1) is 12.8. The molecule has 0 saturated carbocycles. The standard InChI is InChI=1S/C14H18FN3/c1-10(12-5-4-6-13(15)9-12)17-11(2)14-7-8-16-18(14)3/h4-11,17H,1-3H3/t10-,11?/m1/s1. The number of rotatable bonds is 4. The smallest absolute Gasteiger partial charge is 0.123 e. The van der Waals surface area contributed by atoms with Gasteiger partial charge in [-0.15, -0.1) is 0 Å². The third-order valence-corrected chi connectivity index (χ3v) is 3.15. The summed E-state index contributed by atoms with van der Waals surface area (Å²) in [6, 6.07) is 8.92. The SMILES string of the molecule is CC(N[C@H](C)c1cccc(F)c1)c1ccnn1C. The predicted octanol–water partition coefficient (Wildman–Crippen LogP) is 2.97. The van der Waals surface area contributed by atoms with E-state index >= 15 is 0 Å². The molecule has 0 amide bonds. The largest absolute Gasteiger partial charge is 0.302 e. The van der Waals surface area contributed by atoms with E-state index in [1.807, 2.05) is 30.8 Å². The fourth-order valence-corrected chi connectivity index (χ4v) is 2.14. The van der Waals surface area contributed by atoms with Crippen molar-refractivity contribution >= 4 is 0 Å². The number of halogens is 1. The van der Waals surface area contributed by atoms with Gasteiger partial charge in [0.2, 0.25) is 0 Å². The van der Waals surface area contributed by atoms with Crippen molar-refractivity contribution in [2.45, 2.75) is 25.9 Å². The summed E-state index contributed by atoms with van der Waals surface area (Å²) in [7, 11) is 1.92. The Labute approximate surface area is 107 Å². The Bertz CT molecular complexity index is 521. The Balaban J connectivity index is 2.08. The number of nitrogens with one attached hydrogen (secondary N) is 1. The molecular formula is C14H18FN3. The minimum absolute atomic E-state index is 0.0885. The summed E-state index contributed by atoms with van der Waals surface area (Å²) in [5, 5.41) is 7.59. The van der Waals surface area contributed by atoms with Gasteiger partial charge in [0, 0.05) is 25.3 Å². The third kappa shape index (κ3) is 2.76. The van der Waals surface area contributed by atoms with E-state index in [0.717, 1.165) is 11.3 Å². The molecule has 0 spiro atoms. The lowest BCUT2D eigenvalue weighted by Gasteiger charge is -2.20. The van der Waals surface area contributed by atoms with Crippen LogP contribution < -0.4 is 5.32 Å². The number of aromatic nitrogens is 2. The van der Waals surface area contributed by atoms with E-state index in [1.165, 1.54) is 6.07 Å². The summed E-state index contributed by atoms with van der Waals surface area (Å²) in [4.78, 5) is 0. The molecule has 1 aromatic heterocycles. The van der Waals surface area contributed by atoms with Crippen LogP contribution in [0.4, 0.5) is 4.39 Å². The van der Waals surface area contributed by atoms with Gasteiger partial charge in [-0.2, -0.15) is 5.10 Å². The highest BCUT2D eigenvalue weighted by molar-refractivity contribution is 5.20. The van der Waals surface area contributed by atoms with Gasteiger partial charge in [-0.05, 0) is 37.6 Å². The molecule has 2 aromatic rings. The van der Waals surface area contributed by atoms with Crippen LogP contribution in [0.5, 0.6) is 0 Å². The van der Waals surface area contributed by atoms with Crippen LogP contribution in [-0.2, 0) is 7.05 Å². The second-order valence-corrected chi connectivity index (χ2v) is 4.54. The topological polar surface area (TPSA) is 29.9 Å². The lowest BCUT2D eigenvalue weighted by molar-refractivity contribution is 0.467. The molecule has 0 fully saturated rings. The van der Waals surface area contributed by atoms with Crippen molar-refractivity contribution in [3.8, 4) is 0 Å². The molecule has 1 aromatic carbocycles. The van der Waals surface area contributed by atoms with Crippen molar-refractivity contribution in [2.24, 2.45) is 7.05 Å². The summed E-state index contributed by atoms with van der Waals surface area (Å²) < 4.78 is 15.0. The van der Waals surface area contributed by atoms with Crippen molar-refractivity contribution in [1.29, 1.82) is 0 Å². The summed E-state index contributed by atoms with van der Waals surface area (Å²) in [6.45, 7) is 4.11. The fourth-order valence-electron chi connectivity index (χ4n) is 2.14. The third-order valence-electron chi connectivity index (χ3n) is 3.15. The lowest BCUT2D eigenvalue weighted by Crippen LogP contribution is -2.24. The van der Waals surface area contributed by atoms with Crippen LogP contribution in [0.15, 0.2) is 36.5 Å². The highest BCUT2D eigenvalue weighted by Crippen LogP contribution is 2.19. The summed E-state index contributed by atoms with van der Waals surface area (Å²) in [6.07, 6.45) is 1.78. The van der Waals surface area contributed by atoms with E-state index in [1.54, 1.807) is 18.3 Å². The summed E-state index contributed by atoms with van der Waals surface area (Å²) in [5.74, 6) is -0.200. The van der Waals surface area contributed by atoms with Crippen molar-refractivity contribution in [2.75, 3.05) is 0 Å². The Morgan fingerprint density at radius 2 is 2.00 bits per heavy atom. The molecule has 0 aliphatic heterocycles. The first-order valence-corrected chi connectivity index (χ1v) is 6.07. The summed E-state index contributed by atoms with van der Waals surface area (Å²) >= 11 is 0. The van der Waals surface area contributed by atoms with Crippen molar-refractivity contribution in [3.63, 3.8) is 0 Å². The van der Waals surface area contributed by atoms with Gasteiger partial charge in [-0.3, -0.25) is 4.68 Å². The maximum atomic E-state index is 13.2. The van der Waals surface area contributed by atoms with Crippen molar-refractivity contribution in [1.82, 2.24) is 15.1 Å². The zero-order valence-electron chi connectivity index (χ0n) is 10.9. The molecule has 0 radical (unpaired) electrons. The van der Waals surface area contributed by atoms with Gasteiger partial charge >= 0.3 is 0 Å². The van der Waals surface area contributed by atoms with Crippen molar-refractivity contribution in [3.05, 3.63) is 53.6 Å². The molecule has 4 heteroatoms. The monoisotopic (exact) mass is 247 g/mol. The highest BCUT2D eigenvalue weighted by atomic mass is 19.1. The van der Waals surface area contributed by atoms with E-state index in [2.05, 4.69) is 17.3 Å². The van der Waals surface area contributed by atoms with Crippen LogP contribution in [0.1, 0.15) is 37.2 Å². The van der Waals surface area contributed by atoms with Crippen LogP contribution >= 0.6 is 0 Å². The van der Waals surface area contributed by atoms with Gasteiger partial charge < -0.3 is 5.32 Å². The molecule has 18 heavy (non-hydrogen) atoms. The molecule has 0 aliphatic carbocycles. The fraction of sp³-hybridized carbons (Fsp3) is 0.357. The maximum absolute atomic E-state index is 13.2. The lowest BCUT2D eigenvalue weighted by atomic mass is 10.1. The van der Waals surface area contributed by atoms with Crippen molar-refractivity contribution < 1.29 is 4.39 Å². The Morgan fingerprint density at radius 1 is 1.22 bits per heavy atom. The molecule has 1 unspecified atom stereocenters. The van der Waals surface area contributed by atoms with Crippen LogP contribution in [0.25, 0.3) is 0 Å². The zero-order chi connectivity index (χ0) is 13.1. The molecule has 0 bridgehead atoms. The summed E-state index contributed by atoms with van der Waals surface area (Å²) in [5.41, 5.74) is 2.06. The van der Waals surface area contributed by atoms with Gasteiger partial charge in [0.25, 0.3) is 0 Å². The Morgan fingerprint density at radius 3 is 2.61 bits per heavy atom. The zero-order valence-corrected chi connectivity index (χ0v) is 10.9. The number of benzene rings is 1. The number of aryl methyl sites for hydroxylation is 1. The van der Waals surface area contributed by atoms with Gasteiger partial charge in [-0.25, -0.2) is 4.39 Å². The van der Waals surface area contributed by atoms with Gasteiger partial charge in [0.1, 0.15) is 5.82 Å². The van der Waals surface area contributed by atoms with E-state index < -0.39 is 0 Å². The second-order valence-electron chi connectivity index (χ2n) is 4.54. The first-order chi connectivity index (χ1) is 8.58. The quantitative estimate of drug-likeness (QED) is 0.900. The van der Waals surface area contributed by atoms with E-state index in [-0.39, 0.29) is 17.9 Å². The molecule has 0 saturated heterocycles.